The molecule has 130 valence electrons. The van der Waals surface area contributed by atoms with Gasteiger partial charge >= 0.3 is 5.97 Å². The van der Waals surface area contributed by atoms with Gasteiger partial charge in [-0.05, 0) is 35.6 Å². The number of ether oxygens (including phenoxy) is 1. The number of halogens is 1. The molecule has 22 heavy (non-hydrogen) atoms. The fourth-order valence-corrected chi connectivity index (χ4v) is 3.63. The molecule has 0 heterocycles. The van der Waals surface area contributed by atoms with Gasteiger partial charge in [0.05, 0.1) is 6.10 Å². The van der Waals surface area contributed by atoms with E-state index in [0.29, 0.717) is 0 Å². The molecule has 1 unspecified atom stereocenters. The van der Waals surface area contributed by atoms with Gasteiger partial charge in [0, 0.05) is 12.3 Å². The predicted octanol–water partition coefficient (Wildman–Crippen LogP) is 5.69. The van der Waals surface area contributed by atoms with Crippen molar-refractivity contribution < 1.29 is 14.0 Å². The summed E-state index contributed by atoms with van der Waals surface area (Å²) in [5.41, 5.74) is -0.253. The van der Waals surface area contributed by atoms with Gasteiger partial charge in [-0.25, -0.2) is 0 Å². The van der Waals surface area contributed by atoms with Crippen LogP contribution in [0.4, 0.5) is 0 Å². The van der Waals surface area contributed by atoms with Gasteiger partial charge in [-0.2, -0.15) is 0 Å². The topological polar surface area (TPSA) is 35.5 Å². The van der Waals surface area contributed by atoms with E-state index in [9.17, 15) is 4.79 Å². The number of hydrogen-bond acceptors (Lipinski definition) is 3. The summed E-state index contributed by atoms with van der Waals surface area (Å²) in [4.78, 5) is 11.3. The summed E-state index contributed by atoms with van der Waals surface area (Å²) < 4.78 is 14.1. The van der Waals surface area contributed by atoms with Crippen molar-refractivity contribution in [2.24, 2.45) is 5.41 Å². The monoisotopic (exact) mass is 440 g/mol. The average molecular weight is 440 g/mol. The summed E-state index contributed by atoms with van der Waals surface area (Å²) >= 11 is 2.23. The van der Waals surface area contributed by atoms with Crippen LogP contribution in [-0.4, -0.2) is 26.5 Å². The van der Waals surface area contributed by atoms with Crippen molar-refractivity contribution in [3.63, 3.8) is 0 Å². The quantitative estimate of drug-likeness (QED) is 0.290. The molecule has 0 fully saturated rings. The number of hydrogen-bond donors (Lipinski definition) is 0. The van der Waals surface area contributed by atoms with Crippen LogP contribution in [0.5, 0.6) is 0 Å². The van der Waals surface area contributed by atoms with Gasteiger partial charge in [-0.1, -0.05) is 63.3 Å². The molecule has 0 spiro atoms. The van der Waals surface area contributed by atoms with Crippen molar-refractivity contribution in [1.29, 1.82) is 0 Å². The number of esters is 1. The second-order valence-corrected chi connectivity index (χ2v) is 13.5. The minimum Gasteiger partial charge on any atom is -0.462 e. The maximum Gasteiger partial charge on any atom is 0.302 e. The highest BCUT2D eigenvalue weighted by Crippen LogP contribution is 2.42. The Morgan fingerprint density at radius 2 is 1.73 bits per heavy atom. The molecular formula is C17H33IO3Si. The van der Waals surface area contributed by atoms with Crippen molar-refractivity contribution in [2.45, 2.75) is 85.2 Å². The normalized spacial score (nSPS) is 16.6. The molecule has 0 aromatic rings. The number of carbonyl (C=O) groups is 1. The fraction of sp³-hybridized carbons (Fsp3) is 0.824. The van der Waals surface area contributed by atoms with Gasteiger partial charge in [0.25, 0.3) is 0 Å². The lowest BCUT2D eigenvalue weighted by Crippen LogP contribution is -2.51. The first kappa shape index (κ1) is 22.1. The number of rotatable bonds is 7. The number of carbonyl (C=O) groups excluding carboxylic acids is 1. The molecule has 0 bridgehead atoms. The van der Waals surface area contributed by atoms with Crippen LogP contribution in [-0.2, 0) is 14.0 Å². The predicted molar refractivity (Wildman–Crippen MR) is 105 cm³/mol. The summed E-state index contributed by atoms with van der Waals surface area (Å²) in [6.45, 7) is 18.9. The molecule has 0 aromatic carbocycles. The molecule has 0 aliphatic rings. The van der Waals surface area contributed by atoms with Gasteiger partial charge in [0.1, 0.15) is 6.10 Å². The fourth-order valence-electron chi connectivity index (χ4n) is 1.87. The van der Waals surface area contributed by atoms with Crippen LogP contribution in [0.2, 0.25) is 18.1 Å². The van der Waals surface area contributed by atoms with E-state index < -0.39 is 8.32 Å². The molecule has 0 aliphatic carbocycles. The van der Waals surface area contributed by atoms with Crippen molar-refractivity contribution >= 4 is 36.9 Å². The maximum atomic E-state index is 11.3. The van der Waals surface area contributed by atoms with Gasteiger partial charge in [-0.3, -0.25) is 4.79 Å². The molecule has 0 saturated carbocycles. The smallest absolute Gasteiger partial charge is 0.302 e. The van der Waals surface area contributed by atoms with Gasteiger partial charge in [-0.15, -0.1) is 0 Å². The molecule has 0 N–H and O–H groups in total. The largest absolute Gasteiger partial charge is 0.462 e. The molecule has 5 heteroatoms. The van der Waals surface area contributed by atoms with Crippen LogP contribution in [0, 0.1) is 5.41 Å². The third kappa shape index (κ3) is 6.32. The molecule has 3 nitrogen and oxygen atoms in total. The lowest BCUT2D eigenvalue weighted by molar-refractivity contribution is -0.155. The van der Waals surface area contributed by atoms with E-state index >= 15 is 0 Å². The summed E-state index contributed by atoms with van der Waals surface area (Å²) in [7, 11) is -1.89. The lowest BCUT2D eigenvalue weighted by Gasteiger charge is -2.45. The summed E-state index contributed by atoms with van der Waals surface area (Å²) in [5, 5.41) is 0.153. The summed E-state index contributed by atoms with van der Waals surface area (Å²) in [6, 6.07) is 0. The first-order chi connectivity index (χ1) is 9.75. The van der Waals surface area contributed by atoms with Gasteiger partial charge in [0.15, 0.2) is 8.32 Å². The van der Waals surface area contributed by atoms with Crippen LogP contribution in [0.1, 0.15) is 54.9 Å². The van der Waals surface area contributed by atoms with E-state index in [4.69, 9.17) is 9.16 Å². The highest BCUT2D eigenvalue weighted by atomic mass is 127. The Balaban J connectivity index is 5.39. The second kappa shape index (κ2) is 8.28. The Morgan fingerprint density at radius 3 is 2.09 bits per heavy atom. The highest BCUT2D eigenvalue weighted by Gasteiger charge is 2.44. The third-order valence-electron chi connectivity index (χ3n) is 4.90. The minimum absolute atomic E-state index is 0.0220. The van der Waals surface area contributed by atoms with E-state index in [1.54, 1.807) is 0 Å². The SMILES string of the molecule is CC(=O)OC(C)C(C)(C)[C@@H](CC=CI)O[Si](C)(C)C(C)(C)C. The third-order valence-corrected chi connectivity index (χ3v) is 9.90. The van der Waals surface area contributed by atoms with Crippen LogP contribution >= 0.6 is 22.6 Å². The molecule has 0 aromatic heterocycles. The molecule has 0 rings (SSSR count). The van der Waals surface area contributed by atoms with Crippen molar-refractivity contribution in [3.8, 4) is 0 Å². The van der Waals surface area contributed by atoms with Crippen molar-refractivity contribution in [3.05, 3.63) is 10.2 Å². The van der Waals surface area contributed by atoms with Crippen LogP contribution in [0.25, 0.3) is 0 Å². The molecule has 0 amide bonds. The Labute approximate surface area is 151 Å². The molecule has 0 saturated heterocycles. The van der Waals surface area contributed by atoms with E-state index in [2.05, 4.69) is 76.4 Å². The molecule has 0 aliphatic heterocycles. The lowest BCUT2D eigenvalue weighted by atomic mass is 9.80. The van der Waals surface area contributed by atoms with Crippen LogP contribution in [0.3, 0.4) is 0 Å². The standard InChI is InChI=1S/C17H33IO3Si/c1-13(20-14(2)19)17(6,7)15(11-10-12-18)21-22(8,9)16(3,4)5/h10,12-13,15H,11H2,1-9H3/t13?,15-/m1/s1. The van der Waals surface area contributed by atoms with E-state index in [-0.39, 0.29) is 28.6 Å². The molecule has 2 atom stereocenters. The first-order valence-electron chi connectivity index (χ1n) is 7.86. The molecule has 0 radical (unpaired) electrons. The van der Waals surface area contributed by atoms with Gasteiger partial charge in [0.2, 0.25) is 0 Å². The Hall–Kier alpha value is 0.117. The zero-order valence-corrected chi connectivity index (χ0v) is 18.8. The average Bonchev–Trinajstić information content (AvgIpc) is 2.31. The summed E-state index contributed by atoms with van der Waals surface area (Å²) in [5.74, 6) is -0.240. The Bertz CT molecular complexity index is 397. The van der Waals surface area contributed by atoms with E-state index in [0.717, 1.165) is 6.42 Å². The van der Waals surface area contributed by atoms with E-state index in [1.807, 2.05) is 11.0 Å². The van der Waals surface area contributed by atoms with Crippen molar-refractivity contribution in [1.82, 2.24) is 0 Å². The zero-order valence-electron chi connectivity index (χ0n) is 15.6. The second-order valence-electron chi connectivity index (χ2n) is 8.04. The first-order valence-corrected chi connectivity index (χ1v) is 12.0. The maximum absolute atomic E-state index is 11.3. The Kier molecular flexibility index (Phi) is 8.33. The summed E-state index contributed by atoms with van der Waals surface area (Å²) in [6.07, 6.45) is 2.78. The Morgan fingerprint density at radius 1 is 1.23 bits per heavy atom. The molecular weight excluding hydrogens is 407 g/mol. The minimum atomic E-state index is -1.89. The van der Waals surface area contributed by atoms with Crippen LogP contribution < -0.4 is 0 Å². The van der Waals surface area contributed by atoms with Crippen molar-refractivity contribution in [2.75, 3.05) is 0 Å². The van der Waals surface area contributed by atoms with Gasteiger partial charge < -0.3 is 9.16 Å². The zero-order chi connectivity index (χ0) is 17.8. The van der Waals surface area contributed by atoms with Crippen LogP contribution in [0.15, 0.2) is 10.2 Å². The van der Waals surface area contributed by atoms with E-state index in [1.165, 1.54) is 6.92 Å². The highest BCUT2D eigenvalue weighted by molar-refractivity contribution is 14.1.